The second-order valence-electron chi connectivity index (χ2n) is 15.2. The highest BCUT2D eigenvalue weighted by atomic mass is 19.4. The average molecular weight is 613 g/mol. The fourth-order valence-electron chi connectivity index (χ4n) is 11.0. The van der Waals surface area contributed by atoms with Crippen molar-refractivity contribution < 1.29 is 44.7 Å². The second-order valence-corrected chi connectivity index (χ2v) is 15.2. The third kappa shape index (κ3) is 4.32. The molecule has 0 aromatic carbocycles. The van der Waals surface area contributed by atoms with E-state index in [0.717, 1.165) is 38.5 Å². The van der Waals surface area contributed by atoms with Gasteiger partial charge in [-0.1, -0.05) is 0 Å². The summed E-state index contributed by atoms with van der Waals surface area (Å²) in [6, 6.07) is -2.09. The van der Waals surface area contributed by atoms with Crippen molar-refractivity contribution in [3.05, 3.63) is 0 Å². The van der Waals surface area contributed by atoms with Gasteiger partial charge < -0.3 is 10.6 Å². The van der Waals surface area contributed by atoms with Crippen LogP contribution in [0.5, 0.6) is 0 Å². The average Bonchev–Trinajstić information content (AvgIpc) is 2.86. The van der Waals surface area contributed by atoms with E-state index in [1.165, 1.54) is 13.8 Å². The normalized spacial score (nSPS) is 40.6. The molecular weight excluding hydrogens is 572 g/mol. The van der Waals surface area contributed by atoms with Crippen molar-refractivity contribution in [3.8, 4) is 0 Å². The molecule has 0 aliphatic heterocycles. The first-order chi connectivity index (χ1) is 19.3. The van der Waals surface area contributed by atoms with E-state index in [-0.39, 0.29) is 0 Å². The fourth-order valence-corrected chi connectivity index (χ4v) is 11.0. The van der Waals surface area contributed by atoms with Crippen molar-refractivity contribution in [1.29, 1.82) is 0 Å². The minimum atomic E-state index is -6.85. The van der Waals surface area contributed by atoms with Crippen LogP contribution in [0, 0.1) is 46.3 Å². The van der Waals surface area contributed by atoms with Crippen LogP contribution in [0.2, 0.25) is 0 Å². The number of hydrogen-bond acceptors (Lipinski definition) is 2. The molecule has 42 heavy (non-hydrogen) atoms. The first kappa shape index (κ1) is 30.4. The summed E-state index contributed by atoms with van der Waals surface area (Å²) in [5.41, 5.74) is -1.26. The zero-order valence-electron chi connectivity index (χ0n) is 23.9. The van der Waals surface area contributed by atoms with Gasteiger partial charge in [-0.05, 0) is 137 Å². The van der Waals surface area contributed by atoms with Crippen molar-refractivity contribution in [2.75, 3.05) is 0 Å². The molecule has 0 aromatic heterocycles. The monoisotopic (exact) mass is 612 g/mol. The van der Waals surface area contributed by atoms with Crippen LogP contribution in [0.1, 0.15) is 90.9 Å². The summed E-state index contributed by atoms with van der Waals surface area (Å²) in [7, 11) is 0. The number of amides is 2. The van der Waals surface area contributed by atoms with E-state index in [1.54, 1.807) is 10.6 Å². The molecule has 2 N–H and O–H groups in total. The van der Waals surface area contributed by atoms with Gasteiger partial charge in [0.1, 0.15) is 0 Å². The summed E-state index contributed by atoms with van der Waals surface area (Å²) in [4.78, 5) is 25.0. The van der Waals surface area contributed by atoms with Gasteiger partial charge in [-0.3, -0.25) is 9.59 Å². The Morgan fingerprint density at radius 1 is 0.524 bits per heavy atom. The zero-order chi connectivity index (χ0) is 30.7. The maximum absolute atomic E-state index is 14.9. The highest BCUT2D eigenvalue weighted by Gasteiger charge is 2.84. The standard InChI is InChI=1S/C30H40F8N2O2/c1-15(25-9-17-3-18(10-25)5-19(4-17)11-25)39-23(41)27(31,32)29(35,36)30(37,38)28(33,34)24(42)40-16(2)26-12-20-6-21(13-26)8-22(7-20)14-26/h15-22H,3-14H2,1-2H3,(H,39,41)(H,40,42)/t15-,16-,17?,18?,19?,20?,21?,22?,25?,26?/m0/s1. The van der Waals surface area contributed by atoms with Crippen LogP contribution in [-0.4, -0.2) is 47.6 Å². The SMILES string of the molecule is C[C@H](NC(=O)C(F)(F)C(F)(F)C(F)(F)C(F)(F)C(=O)N[C@@H](C)C12CC3CC(CC(C3)C1)C2)C12CC3CC(CC(C3)C1)C2. The van der Waals surface area contributed by atoms with Gasteiger partial charge in [0.25, 0.3) is 11.8 Å². The molecule has 4 nitrogen and oxygen atoms in total. The third-order valence-corrected chi connectivity index (χ3v) is 12.5. The highest BCUT2D eigenvalue weighted by molar-refractivity contribution is 5.87. The van der Waals surface area contributed by atoms with Gasteiger partial charge >= 0.3 is 23.7 Å². The van der Waals surface area contributed by atoms with E-state index in [0.29, 0.717) is 74.0 Å². The first-order valence-corrected chi connectivity index (χ1v) is 15.4. The molecule has 2 atom stereocenters. The number of carbonyl (C=O) groups excluding carboxylic acids is 2. The Morgan fingerprint density at radius 3 is 0.952 bits per heavy atom. The summed E-state index contributed by atoms with van der Waals surface area (Å²) in [6.07, 6.45) is 9.40. The van der Waals surface area contributed by atoms with Crippen LogP contribution in [0.15, 0.2) is 0 Å². The Morgan fingerprint density at radius 2 is 0.738 bits per heavy atom. The van der Waals surface area contributed by atoms with Gasteiger partial charge in [0, 0.05) is 12.1 Å². The molecule has 0 saturated heterocycles. The first-order valence-electron chi connectivity index (χ1n) is 15.4. The Labute approximate surface area is 240 Å². The van der Waals surface area contributed by atoms with Crippen molar-refractivity contribution in [2.24, 2.45) is 46.3 Å². The van der Waals surface area contributed by atoms with E-state index in [9.17, 15) is 44.7 Å². The molecule has 8 saturated carbocycles. The summed E-state index contributed by atoms with van der Waals surface area (Å²) in [6.45, 7) is 2.76. The van der Waals surface area contributed by atoms with Crippen molar-refractivity contribution in [2.45, 2.75) is 127 Å². The lowest BCUT2D eigenvalue weighted by Gasteiger charge is -2.59. The van der Waals surface area contributed by atoms with Gasteiger partial charge in [-0.25, -0.2) is 0 Å². The summed E-state index contributed by atoms with van der Waals surface area (Å²) in [5, 5.41) is 3.59. The highest BCUT2D eigenvalue weighted by Crippen LogP contribution is 2.63. The maximum Gasteiger partial charge on any atom is 0.392 e. The van der Waals surface area contributed by atoms with E-state index >= 15 is 0 Å². The summed E-state index contributed by atoms with van der Waals surface area (Å²) in [5.74, 6) is -29.7. The molecule has 0 spiro atoms. The lowest BCUT2D eigenvalue weighted by Crippen LogP contribution is -2.70. The quantitative estimate of drug-likeness (QED) is 0.277. The second kappa shape index (κ2) is 9.44. The lowest BCUT2D eigenvalue weighted by atomic mass is 9.48. The van der Waals surface area contributed by atoms with E-state index in [4.69, 9.17) is 0 Å². The van der Waals surface area contributed by atoms with Crippen LogP contribution in [0.25, 0.3) is 0 Å². The molecule has 8 aliphatic carbocycles. The molecule has 8 rings (SSSR count). The molecule has 0 heterocycles. The largest absolute Gasteiger partial charge is 0.392 e. The predicted molar refractivity (Wildman–Crippen MR) is 136 cm³/mol. The molecule has 8 bridgehead atoms. The van der Waals surface area contributed by atoms with Crippen molar-refractivity contribution in [1.82, 2.24) is 10.6 Å². The Bertz CT molecular complexity index is 968. The van der Waals surface area contributed by atoms with Gasteiger partial charge in [0.15, 0.2) is 0 Å². The molecule has 8 aliphatic rings. The molecule has 0 unspecified atom stereocenters. The van der Waals surface area contributed by atoms with Gasteiger partial charge in [-0.2, -0.15) is 35.1 Å². The van der Waals surface area contributed by atoms with Gasteiger partial charge in [0.05, 0.1) is 0 Å². The molecular formula is C30H40F8N2O2. The van der Waals surface area contributed by atoms with Crippen molar-refractivity contribution >= 4 is 11.8 Å². The number of carbonyl (C=O) groups is 2. The van der Waals surface area contributed by atoms with Crippen LogP contribution in [0.4, 0.5) is 35.1 Å². The third-order valence-electron chi connectivity index (χ3n) is 12.5. The number of nitrogens with one attached hydrogen (secondary N) is 2. The van der Waals surface area contributed by atoms with E-state index in [2.05, 4.69) is 0 Å². The lowest BCUT2D eigenvalue weighted by molar-refractivity contribution is -0.347. The number of alkyl halides is 8. The summed E-state index contributed by atoms with van der Waals surface area (Å²) >= 11 is 0. The van der Waals surface area contributed by atoms with Crippen LogP contribution < -0.4 is 10.6 Å². The molecule has 2 amide bonds. The molecule has 0 aromatic rings. The van der Waals surface area contributed by atoms with Crippen LogP contribution >= 0.6 is 0 Å². The van der Waals surface area contributed by atoms with Gasteiger partial charge in [-0.15, -0.1) is 0 Å². The summed E-state index contributed by atoms with van der Waals surface area (Å²) < 4.78 is 119. The minimum Gasteiger partial charge on any atom is -0.348 e. The molecule has 238 valence electrons. The zero-order valence-corrected chi connectivity index (χ0v) is 23.9. The minimum absolute atomic E-state index is 0.319. The Kier molecular flexibility index (Phi) is 6.84. The fraction of sp³-hybridized carbons (Fsp3) is 0.933. The topological polar surface area (TPSA) is 58.2 Å². The predicted octanol–water partition coefficient (Wildman–Crippen LogP) is 6.97. The number of halogens is 8. The maximum atomic E-state index is 14.9. The molecule has 12 heteroatoms. The Hall–Kier alpha value is -1.62. The van der Waals surface area contributed by atoms with Crippen molar-refractivity contribution in [3.63, 3.8) is 0 Å². The Balaban J connectivity index is 1.15. The number of rotatable bonds is 9. The number of hydrogen-bond donors (Lipinski definition) is 2. The van der Waals surface area contributed by atoms with Gasteiger partial charge in [0.2, 0.25) is 0 Å². The van der Waals surface area contributed by atoms with Crippen LogP contribution in [0.3, 0.4) is 0 Å². The molecule has 0 radical (unpaired) electrons. The van der Waals surface area contributed by atoms with E-state index < -0.39 is 58.4 Å². The molecule has 8 fully saturated rings. The van der Waals surface area contributed by atoms with Crippen LogP contribution in [-0.2, 0) is 9.59 Å². The smallest absolute Gasteiger partial charge is 0.348 e. The van der Waals surface area contributed by atoms with E-state index in [1.807, 2.05) is 0 Å².